The molecule has 2 unspecified atom stereocenters. The van der Waals surface area contributed by atoms with E-state index in [4.69, 9.17) is 0 Å². The molecule has 0 aromatic rings. The van der Waals surface area contributed by atoms with E-state index in [9.17, 15) is 0 Å². The molecule has 2 aliphatic rings. The lowest BCUT2D eigenvalue weighted by molar-refractivity contribution is 0.107. The minimum Gasteiger partial charge on any atom is -0.0625 e. The molecule has 0 heteroatoms. The van der Waals surface area contributed by atoms with E-state index in [1.165, 1.54) is 64.2 Å². The first-order chi connectivity index (χ1) is 8.09. The molecule has 2 aliphatic carbocycles. The fraction of sp³-hybridized carbons (Fsp3) is 1.00. The van der Waals surface area contributed by atoms with E-state index in [2.05, 4.69) is 20.8 Å². The molecule has 2 saturated carbocycles. The van der Waals surface area contributed by atoms with Crippen LogP contribution in [-0.2, 0) is 0 Å². The lowest BCUT2D eigenvalue weighted by atomic mass is 9.66. The van der Waals surface area contributed by atoms with Gasteiger partial charge in [0.2, 0.25) is 0 Å². The average molecular weight is 236 g/mol. The highest BCUT2D eigenvalue weighted by Crippen LogP contribution is 2.48. The quantitative estimate of drug-likeness (QED) is 0.504. The van der Waals surface area contributed by atoms with Crippen molar-refractivity contribution < 1.29 is 0 Å². The van der Waals surface area contributed by atoms with Gasteiger partial charge in [0.05, 0.1) is 0 Å². The van der Waals surface area contributed by atoms with E-state index in [0.717, 1.165) is 17.8 Å². The van der Waals surface area contributed by atoms with Crippen molar-refractivity contribution in [1.29, 1.82) is 0 Å². The summed E-state index contributed by atoms with van der Waals surface area (Å²) < 4.78 is 0. The summed E-state index contributed by atoms with van der Waals surface area (Å²) >= 11 is 0. The monoisotopic (exact) mass is 236 g/mol. The minimum absolute atomic E-state index is 0.611. The van der Waals surface area contributed by atoms with Crippen molar-refractivity contribution in [3.63, 3.8) is 0 Å². The van der Waals surface area contributed by atoms with Gasteiger partial charge >= 0.3 is 0 Å². The molecule has 17 heavy (non-hydrogen) atoms. The van der Waals surface area contributed by atoms with Crippen molar-refractivity contribution in [3.8, 4) is 0 Å². The largest absolute Gasteiger partial charge is 0.0625 e. The maximum absolute atomic E-state index is 2.56. The molecule has 0 heterocycles. The Bertz CT molecular complexity index is 220. The fourth-order valence-corrected chi connectivity index (χ4v) is 4.51. The van der Waals surface area contributed by atoms with E-state index in [0.29, 0.717) is 5.41 Å². The van der Waals surface area contributed by atoms with Gasteiger partial charge in [-0.2, -0.15) is 0 Å². The Balaban J connectivity index is 2.07. The van der Waals surface area contributed by atoms with Crippen LogP contribution in [0, 0.1) is 23.2 Å². The summed E-state index contributed by atoms with van der Waals surface area (Å²) in [7, 11) is 0. The number of hydrogen-bond donors (Lipinski definition) is 0. The van der Waals surface area contributed by atoms with Gasteiger partial charge in [0, 0.05) is 0 Å². The standard InChI is InChI=1S/C17H32/c1-14-9-8-12-17(2,3)16(13-14)15-10-6-4-5-7-11-15/h14-16H,4-13H2,1-3H3. The molecule has 0 aromatic heterocycles. The van der Waals surface area contributed by atoms with Gasteiger partial charge in [-0.25, -0.2) is 0 Å². The SMILES string of the molecule is CC1CCCC(C)(C)C(C2CCCCCC2)C1. The van der Waals surface area contributed by atoms with Gasteiger partial charge in [0.1, 0.15) is 0 Å². The second-order valence-electron chi connectivity index (χ2n) is 7.58. The maximum atomic E-state index is 2.56. The smallest absolute Gasteiger partial charge is 0.0323 e. The molecule has 2 fully saturated rings. The molecule has 2 rings (SSSR count). The van der Waals surface area contributed by atoms with E-state index in [1.807, 2.05) is 0 Å². The zero-order valence-corrected chi connectivity index (χ0v) is 12.3. The van der Waals surface area contributed by atoms with Crippen molar-refractivity contribution in [2.45, 2.75) is 85.0 Å². The van der Waals surface area contributed by atoms with E-state index in [1.54, 1.807) is 0 Å². The van der Waals surface area contributed by atoms with Crippen molar-refractivity contribution >= 4 is 0 Å². The van der Waals surface area contributed by atoms with Gasteiger partial charge in [-0.05, 0) is 36.0 Å². The lowest BCUT2D eigenvalue weighted by Crippen LogP contribution is -2.30. The van der Waals surface area contributed by atoms with Gasteiger partial charge in [-0.3, -0.25) is 0 Å². The predicted molar refractivity (Wildman–Crippen MR) is 76.1 cm³/mol. The number of rotatable bonds is 1. The molecule has 0 N–H and O–H groups in total. The highest BCUT2D eigenvalue weighted by atomic mass is 14.4. The summed E-state index contributed by atoms with van der Waals surface area (Å²) in [6, 6.07) is 0. The van der Waals surface area contributed by atoms with Crippen LogP contribution in [0.15, 0.2) is 0 Å². The Morgan fingerprint density at radius 3 is 2.12 bits per heavy atom. The summed E-state index contributed by atoms with van der Waals surface area (Å²) in [6.07, 6.45) is 15.0. The molecule has 100 valence electrons. The summed E-state index contributed by atoms with van der Waals surface area (Å²) in [5.74, 6) is 3.04. The molecule has 0 nitrogen and oxygen atoms in total. The van der Waals surface area contributed by atoms with E-state index in [-0.39, 0.29) is 0 Å². The van der Waals surface area contributed by atoms with Crippen LogP contribution < -0.4 is 0 Å². The van der Waals surface area contributed by atoms with Crippen LogP contribution in [0.4, 0.5) is 0 Å². The Kier molecular flexibility index (Phi) is 4.55. The predicted octanol–water partition coefficient (Wildman–Crippen LogP) is 5.81. The van der Waals surface area contributed by atoms with Crippen LogP contribution >= 0.6 is 0 Å². The van der Waals surface area contributed by atoms with Crippen LogP contribution in [0.25, 0.3) is 0 Å². The molecule has 0 saturated heterocycles. The van der Waals surface area contributed by atoms with Crippen molar-refractivity contribution in [2.75, 3.05) is 0 Å². The zero-order valence-electron chi connectivity index (χ0n) is 12.3. The average Bonchev–Trinajstić information content (AvgIpc) is 2.58. The highest BCUT2D eigenvalue weighted by Gasteiger charge is 2.37. The Labute approximate surface area is 109 Å². The molecule has 0 aliphatic heterocycles. The molecular weight excluding hydrogens is 204 g/mol. The minimum atomic E-state index is 0.611. The van der Waals surface area contributed by atoms with Crippen LogP contribution in [0.1, 0.15) is 85.0 Å². The molecular formula is C17H32. The molecule has 0 bridgehead atoms. The van der Waals surface area contributed by atoms with Gasteiger partial charge < -0.3 is 0 Å². The number of hydrogen-bond acceptors (Lipinski definition) is 0. The fourth-order valence-electron chi connectivity index (χ4n) is 4.51. The zero-order chi connectivity index (χ0) is 12.3. The first kappa shape index (κ1) is 13.4. The van der Waals surface area contributed by atoms with Crippen molar-refractivity contribution in [2.24, 2.45) is 23.2 Å². The lowest BCUT2D eigenvalue weighted by Gasteiger charge is -2.39. The summed E-state index contributed by atoms with van der Waals surface area (Å²) in [6.45, 7) is 7.60. The summed E-state index contributed by atoms with van der Waals surface area (Å²) in [5.41, 5.74) is 0.611. The molecule has 0 radical (unpaired) electrons. The van der Waals surface area contributed by atoms with E-state index >= 15 is 0 Å². The van der Waals surface area contributed by atoms with Gasteiger partial charge in [-0.15, -0.1) is 0 Å². The first-order valence-electron chi connectivity index (χ1n) is 8.09. The third-order valence-corrected chi connectivity index (χ3v) is 5.65. The van der Waals surface area contributed by atoms with Crippen LogP contribution in [-0.4, -0.2) is 0 Å². The molecule has 0 aromatic carbocycles. The van der Waals surface area contributed by atoms with Crippen LogP contribution in [0.3, 0.4) is 0 Å². The first-order valence-corrected chi connectivity index (χ1v) is 8.09. The van der Waals surface area contributed by atoms with Gasteiger partial charge in [0.15, 0.2) is 0 Å². The van der Waals surface area contributed by atoms with Crippen molar-refractivity contribution in [3.05, 3.63) is 0 Å². The third kappa shape index (κ3) is 3.48. The van der Waals surface area contributed by atoms with E-state index < -0.39 is 0 Å². The second kappa shape index (κ2) is 5.76. The molecule has 0 amide bonds. The van der Waals surface area contributed by atoms with Crippen LogP contribution in [0.2, 0.25) is 0 Å². The topological polar surface area (TPSA) is 0 Å². The van der Waals surface area contributed by atoms with Crippen molar-refractivity contribution in [1.82, 2.24) is 0 Å². The second-order valence-corrected chi connectivity index (χ2v) is 7.58. The Hall–Kier alpha value is 0. The third-order valence-electron chi connectivity index (χ3n) is 5.65. The Morgan fingerprint density at radius 2 is 1.47 bits per heavy atom. The summed E-state index contributed by atoms with van der Waals surface area (Å²) in [4.78, 5) is 0. The molecule has 2 atom stereocenters. The molecule has 0 spiro atoms. The Morgan fingerprint density at radius 1 is 0.824 bits per heavy atom. The van der Waals surface area contributed by atoms with Gasteiger partial charge in [-0.1, -0.05) is 72.1 Å². The van der Waals surface area contributed by atoms with Gasteiger partial charge in [0.25, 0.3) is 0 Å². The van der Waals surface area contributed by atoms with Crippen LogP contribution in [0.5, 0.6) is 0 Å². The highest BCUT2D eigenvalue weighted by molar-refractivity contribution is 4.88. The normalized spacial score (nSPS) is 36.2. The summed E-state index contributed by atoms with van der Waals surface area (Å²) in [5, 5.41) is 0. The maximum Gasteiger partial charge on any atom is -0.0323 e.